The van der Waals surface area contributed by atoms with Crippen molar-refractivity contribution in [3.8, 4) is 17.4 Å². The van der Waals surface area contributed by atoms with Crippen molar-refractivity contribution >= 4 is 17.6 Å². The molecule has 1 saturated heterocycles. The SMILES string of the molecule is COc1ccc(Oc2ncc(C(F)(F)F)cc2F)cc1NC(=O)C1CNC(=O)N1C. The number of nitrogens with one attached hydrogen (secondary N) is 2. The standard InChI is InChI=1S/C18H16F4N4O4/c1-26-13(8-24-17(26)28)15(27)25-12-6-10(3-4-14(12)29-2)30-16-11(19)5-9(7-23-16)18(20,21)22/h3-7,13H,8H2,1-2H3,(H,24,28)(H,25,27). The summed E-state index contributed by atoms with van der Waals surface area (Å²) in [5, 5.41) is 5.10. The van der Waals surface area contributed by atoms with Crippen LogP contribution in [0.25, 0.3) is 0 Å². The van der Waals surface area contributed by atoms with Crippen LogP contribution in [-0.4, -0.2) is 48.6 Å². The minimum Gasteiger partial charge on any atom is -0.495 e. The van der Waals surface area contributed by atoms with E-state index in [9.17, 15) is 27.2 Å². The first-order valence-electron chi connectivity index (χ1n) is 8.50. The van der Waals surface area contributed by atoms with E-state index in [4.69, 9.17) is 9.47 Å². The highest BCUT2D eigenvalue weighted by molar-refractivity contribution is 5.99. The lowest BCUT2D eigenvalue weighted by atomic mass is 10.2. The van der Waals surface area contributed by atoms with Crippen LogP contribution < -0.4 is 20.1 Å². The third-order valence-corrected chi connectivity index (χ3v) is 4.32. The Labute approximate surface area is 167 Å². The number of urea groups is 1. The Balaban J connectivity index is 1.81. The molecule has 1 aromatic heterocycles. The van der Waals surface area contributed by atoms with Crippen LogP contribution in [-0.2, 0) is 11.0 Å². The van der Waals surface area contributed by atoms with Gasteiger partial charge in [0.25, 0.3) is 5.88 Å². The minimum absolute atomic E-state index is 0.00811. The van der Waals surface area contributed by atoms with Gasteiger partial charge >= 0.3 is 12.2 Å². The molecule has 1 aromatic carbocycles. The number of ether oxygens (including phenoxy) is 2. The lowest BCUT2D eigenvalue weighted by Gasteiger charge is -2.19. The number of benzene rings is 1. The first-order chi connectivity index (χ1) is 14.1. The molecule has 1 aliphatic heterocycles. The first-order valence-corrected chi connectivity index (χ1v) is 8.50. The van der Waals surface area contributed by atoms with Crippen molar-refractivity contribution < 1.29 is 36.6 Å². The highest BCUT2D eigenvalue weighted by atomic mass is 19.4. The van der Waals surface area contributed by atoms with Crippen molar-refractivity contribution in [2.45, 2.75) is 12.2 Å². The van der Waals surface area contributed by atoms with Gasteiger partial charge in [-0.25, -0.2) is 14.2 Å². The van der Waals surface area contributed by atoms with Crippen LogP contribution in [0.1, 0.15) is 5.56 Å². The van der Waals surface area contributed by atoms with Gasteiger partial charge in [0.05, 0.1) is 18.4 Å². The minimum atomic E-state index is -4.74. The summed E-state index contributed by atoms with van der Waals surface area (Å²) < 4.78 is 62.3. The summed E-state index contributed by atoms with van der Waals surface area (Å²) in [6.07, 6.45) is -4.29. The highest BCUT2D eigenvalue weighted by Gasteiger charge is 2.34. The largest absolute Gasteiger partial charge is 0.495 e. The van der Waals surface area contributed by atoms with Crippen LogP contribution in [0.5, 0.6) is 17.4 Å². The van der Waals surface area contributed by atoms with E-state index in [-0.39, 0.29) is 29.8 Å². The van der Waals surface area contributed by atoms with E-state index < -0.39 is 41.4 Å². The zero-order valence-electron chi connectivity index (χ0n) is 15.7. The molecular weight excluding hydrogens is 412 g/mol. The number of hydrogen-bond acceptors (Lipinski definition) is 5. The predicted octanol–water partition coefficient (Wildman–Crippen LogP) is 3.00. The van der Waals surface area contributed by atoms with Crippen LogP contribution in [0.4, 0.5) is 28.0 Å². The number of pyridine rings is 1. The Morgan fingerprint density at radius 2 is 2.07 bits per heavy atom. The van der Waals surface area contributed by atoms with E-state index >= 15 is 0 Å². The third kappa shape index (κ3) is 4.36. The lowest BCUT2D eigenvalue weighted by Crippen LogP contribution is -2.40. The maximum atomic E-state index is 14.0. The van der Waals surface area contributed by atoms with Crippen molar-refractivity contribution in [3.05, 3.63) is 41.8 Å². The third-order valence-electron chi connectivity index (χ3n) is 4.32. The van der Waals surface area contributed by atoms with Crippen LogP contribution in [0, 0.1) is 5.82 Å². The molecular formula is C18H16F4N4O4. The molecule has 3 amide bonds. The van der Waals surface area contributed by atoms with Gasteiger partial charge < -0.3 is 25.0 Å². The van der Waals surface area contributed by atoms with E-state index in [0.29, 0.717) is 6.20 Å². The zero-order valence-corrected chi connectivity index (χ0v) is 15.7. The summed E-state index contributed by atoms with van der Waals surface area (Å²) in [7, 11) is 2.82. The van der Waals surface area contributed by atoms with Gasteiger partial charge in [0.15, 0.2) is 5.82 Å². The second-order valence-electron chi connectivity index (χ2n) is 6.27. The van der Waals surface area contributed by atoms with E-state index in [0.717, 1.165) is 0 Å². The molecule has 0 radical (unpaired) electrons. The first kappa shape index (κ1) is 21.1. The normalized spacial score (nSPS) is 16.3. The molecule has 160 valence electrons. The number of carbonyl (C=O) groups is 2. The van der Waals surface area contributed by atoms with Crippen molar-refractivity contribution in [2.24, 2.45) is 0 Å². The van der Waals surface area contributed by atoms with Gasteiger partial charge in [0.2, 0.25) is 5.91 Å². The second kappa shape index (κ2) is 8.05. The number of carbonyl (C=O) groups excluding carboxylic acids is 2. The summed E-state index contributed by atoms with van der Waals surface area (Å²) >= 11 is 0. The fraction of sp³-hybridized carbons (Fsp3) is 0.278. The molecule has 30 heavy (non-hydrogen) atoms. The fourth-order valence-electron chi connectivity index (χ4n) is 2.69. The number of amides is 3. The Bertz CT molecular complexity index is 983. The molecule has 1 fully saturated rings. The number of halogens is 4. The van der Waals surface area contributed by atoms with Crippen molar-refractivity contribution in [1.82, 2.24) is 15.2 Å². The molecule has 1 unspecified atom stereocenters. The van der Waals surface area contributed by atoms with Gasteiger partial charge in [-0.3, -0.25) is 4.79 Å². The quantitative estimate of drug-likeness (QED) is 0.715. The maximum absolute atomic E-state index is 14.0. The summed E-state index contributed by atoms with van der Waals surface area (Å²) in [6, 6.07) is 3.17. The molecule has 0 saturated carbocycles. The number of hydrogen-bond donors (Lipinski definition) is 2. The van der Waals surface area contributed by atoms with Gasteiger partial charge in [-0.05, 0) is 18.2 Å². The van der Waals surface area contributed by atoms with Crippen molar-refractivity contribution in [3.63, 3.8) is 0 Å². The molecule has 8 nitrogen and oxygen atoms in total. The number of likely N-dealkylation sites (N-methyl/N-ethyl adjacent to an activating group) is 1. The molecule has 1 atom stereocenters. The monoisotopic (exact) mass is 428 g/mol. The smallest absolute Gasteiger partial charge is 0.417 e. The maximum Gasteiger partial charge on any atom is 0.417 e. The van der Waals surface area contributed by atoms with Crippen LogP contribution in [0.2, 0.25) is 0 Å². The second-order valence-corrected chi connectivity index (χ2v) is 6.27. The number of alkyl halides is 3. The van der Waals surface area contributed by atoms with E-state index in [2.05, 4.69) is 15.6 Å². The summed E-state index contributed by atoms with van der Waals surface area (Å²) in [6.45, 7) is 0.111. The molecule has 0 spiro atoms. The highest BCUT2D eigenvalue weighted by Crippen LogP contribution is 2.34. The Morgan fingerprint density at radius 1 is 1.33 bits per heavy atom. The number of nitrogens with zero attached hydrogens (tertiary/aromatic N) is 2. The van der Waals surface area contributed by atoms with Gasteiger partial charge in [0, 0.05) is 25.9 Å². The Morgan fingerprint density at radius 3 is 2.63 bits per heavy atom. The topological polar surface area (TPSA) is 92.8 Å². The van der Waals surface area contributed by atoms with Gasteiger partial charge in [-0.15, -0.1) is 0 Å². The number of methoxy groups -OCH3 is 1. The molecule has 0 aliphatic carbocycles. The molecule has 0 bridgehead atoms. The molecule has 1 aliphatic rings. The summed E-state index contributed by atoms with van der Waals surface area (Å²) in [5.41, 5.74) is -1.10. The molecule has 12 heteroatoms. The number of rotatable bonds is 5. The fourth-order valence-corrected chi connectivity index (χ4v) is 2.69. The van der Waals surface area contributed by atoms with Gasteiger partial charge in [0.1, 0.15) is 17.5 Å². The molecule has 3 rings (SSSR count). The predicted molar refractivity (Wildman–Crippen MR) is 95.8 cm³/mol. The van der Waals surface area contributed by atoms with E-state index in [1.165, 1.54) is 37.3 Å². The zero-order chi connectivity index (χ0) is 22.1. The molecule has 2 N–H and O–H groups in total. The van der Waals surface area contributed by atoms with Crippen LogP contribution in [0.3, 0.4) is 0 Å². The van der Waals surface area contributed by atoms with Crippen molar-refractivity contribution in [1.29, 1.82) is 0 Å². The Hall–Kier alpha value is -3.57. The number of aromatic nitrogens is 1. The number of anilines is 1. The van der Waals surface area contributed by atoms with Crippen molar-refractivity contribution in [2.75, 3.05) is 26.0 Å². The van der Waals surface area contributed by atoms with E-state index in [1.807, 2.05) is 0 Å². The Kier molecular flexibility index (Phi) is 5.67. The summed E-state index contributed by atoms with van der Waals surface area (Å²) in [4.78, 5) is 28.6. The van der Waals surface area contributed by atoms with Gasteiger partial charge in [-0.1, -0.05) is 0 Å². The average Bonchev–Trinajstić information content (AvgIpc) is 3.01. The molecule has 2 heterocycles. The van der Waals surface area contributed by atoms with E-state index in [1.54, 1.807) is 0 Å². The lowest BCUT2D eigenvalue weighted by molar-refractivity contribution is -0.138. The van der Waals surface area contributed by atoms with Crippen LogP contribution in [0.15, 0.2) is 30.5 Å². The van der Waals surface area contributed by atoms with Gasteiger partial charge in [-0.2, -0.15) is 13.2 Å². The van der Waals surface area contributed by atoms with Crippen LogP contribution >= 0.6 is 0 Å². The molecule has 2 aromatic rings. The summed E-state index contributed by atoms with van der Waals surface area (Å²) in [5.74, 6) is -2.24. The average molecular weight is 428 g/mol.